The fraction of sp³-hybridized carbons (Fsp3) is 0.467. The molecule has 122 valence electrons. The minimum absolute atomic E-state index is 0. The van der Waals surface area contributed by atoms with Gasteiger partial charge in [0.25, 0.3) is 0 Å². The Kier molecular flexibility index (Phi) is 8.34. The third-order valence-electron chi connectivity index (χ3n) is 3.14. The first kappa shape index (κ1) is 19.4. The number of thiazole rings is 1. The van der Waals surface area contributed by atoms with Crippen LogP contribution in [0, 0.1) is 13.8 Å². The van der Waals surface area contributed by atoms with Gasteiger partial charge in [0.05, 0.1) is 23.8 Å². The zero-order chi connectivity index (χ0) is 15.2. The van der Waals surface area contributed by atoms with Crippen LogP contribution in [-0.4, -0.2) is 18.0 Å². The lowest BCUT2D eigenvalue weighted by atomic mass is 10.3. The number of hydrogen-bond acceptors (Lipinski definition) is 4. The number of thiophene rings is 1. The van der Waals surface area contributed by atoms with Gasteiger partial charge in [-0.3, -0.25) is 4.99 Å². The quantitative estimate of drug-likeness (QED) is 0.413. The Morgan fingerprint density at radius 2 is 1.82 bits per heavy atom. The van der Waals surface area contributed by atoms with E-state index in [2.05, 4.69) is 46.6 Å². The second kappa shape index (κ2) is 9.46. The molecule has 0 fully saturated rings. The summed E-state index contributed by atoms with van der Waals surface area (Å²) in [5, 5.41) is 7.81. The third-order valence-corrected chi connectivity index (χ3v) is 5.44. The van der Waals surface area contributed by atoms with Gasteiger partial charge in [-0.2, -0.15) is 0 Å². The highest BCUT2D eigenvalue weighted by molar-refractivity contribution is 14.0. The van der Waals surface area contributed by atoms with Gasteiger partial charge < -0.3 is 10.6 Å². The van der Waals surface area contributed by atoms with E-state index in [1.54, 1.807) is 18.4 Å². The molecule has 0 aromatic carbocycles. The Labute approximate surface area is 157 Å². The van der Waals surface area contributed by atoms with Gasteiger partial charge in [-0.15, -0.1) is 46.7 Å². The first-order valence-electron chi connectivity index (χ1n) is 7.07. The Hall–Kier alpha value is -0.670. The molecule has 2 N–H and O–H groups in total. The van der Waals surface area contributed by atoms with Gasteiger partial charge in [0.15, 0.2) is 5.96 Å². The maximum Gasteiger partial charge on any atom is 0.191 e. The lowest BCUT2D eigenvalue weighted by Gasteiger charge is -2.10. The maximum absolute atomic E-state index is 4.44. The monoisotopic (exact) mass is 450 g/mol. The summed E-state index contributed by atoms with van der Waals surface area (Å²) in [5.41, 5.74) is 1.10. The van der Waals surface area contributed by atoms with Crippen LogP contribution in [0.2, 0.25) is 0 Å². The van der Waals surface area contributed by atoms with Crippen LogP contribution in [-0.2, 0) is 19.5 Å². The summed E-state index contributed by atoms with van der Waals surface area (Å²) in [7, 11) is 1.80. The van der Waals surface area contributed by atoms with E-state index >= 15 is 0 Å². The molecule has 4 nitrogen and oxygen atoms in total. The SMILES string of the molecule is CCc1ccc(CNC(=NC)NCc2sc(C)nc2C)s1.I. The molecular weight excluding hydrogens is 427 g/mol. The van der Waals surface area contributed by atoms with Crippen molar-refractivity contribution in [2.24, 2.45) is 4.99 Å². The summed E-state index contributed by atoms with van der Waals surface area (Å²) >= 11 is 3.59. The van der Waals surface area contributed by atoms with Crippen LogP contribution >= 0.6 is 46.7 Å². The number of guanidine groups is 1. The molecule has 2 aromatic heterocycles. The molecule has 0 atom stereocenters. The van der Waals surface area contributed by atoms with Crippen LogP contribution in [0.5, 0.6) is 0 Å². The van der Waals surface area contributed by atoms with E-state index in [1.165, 1.54) is 14.6 Å². The van der Waals surface area contributed by atoms with E-state index in [0.717, 1.165) is 36.2 Å². The van der Waals surface area contributed by atoms with Crippen LogP contribution < -0.4 is 10.6 Å². The summed E-state index contributed by atoms with van der Waals surface area (Å²) in [6.45, 7) is 7.85. The van der Waals surface area contributed by atoms with Crippen molar-refractivity contribution < 1.29 is 0 Å². The predicted octanol–water partition coefficient (Wildman–Crippen LogP) is 3.87. The van der Waals surface area contributed by atoms with Crippen LogP contribution in [0.1, 0.15) is 32.3 Å². The Bertz CT molecular complexity index is 619. The second-order valence-electron chi connectivity index (χ2n) is 4.74. The molecule has 0 radical (unpaired) electrons. The number of aryl methyl sites for hydroxylation is 3. The number of nitrogens with zero attached hydrogens (tertiary/aromatic N) is 2. The molecule has 2 aromatic rings. The predicted molar refractivity (Wildman–Crippen MR) is 108 cm³/mol. The van der Waals surface area contributed by atoms with Crippen molar-refractivity contribution in [3.8, 4) is 0 Å². The van der Waals surface area contributed by atoms with Gasteiger partial charge >= 0.3 is 0 Å². The normalized spacial score (nSPS) is 11.2. The summed E-state index contributed by atoms with van der Waals surface area (Å²) < 4.78 is 0. The first-order chi connectivity index (χ1) is 10.1. The van der Waals surface area contributed by atoms with Crippen molar-refractivity contribution in [2.75, 3.05) is 7.05 Å². The smallest absolute Gasteiger partial charge is 0.191 e. The van der Waals surface area contributed by atoms with Gasteiger partial charge in [0.1, 0.15) is 0 Å². The molecule has 0 aliphatic heterocycles. The van der Waals surface area contributed by atoms with Gasteiger partial charge in [-0.1, -0.05) is 6.92 Å². The molecule has 0 aliphatic carbocycles. The molecule has 2 rings (SSSR count). The molecule has 0 spiro atoms. The zero-order valence-electron chi connectivity index (χ0n) is 13.4. The molecule has 0 bridgehead atoms. The Morgan fingerprint density at radius 3 is 2.36 bits per heavy atom. The van der Waals surface area contributed by atoms with Crippen molar-refractivity contribution in [2.45, 2.75) is 40.3 Å². The van der Waals surface area contributed by atoms with Crippen LogP contribution in [0.3, 0.4) is 0 Å². The molecule has 0 saturated heterocycles. The largest absolute Gasteiger partial charge is 0.352 e. The van der Waals surface area contributed by atoms with Gasteiger partial charge in [-0.25, -0.2) is 4.98 Å². The average Bonchev–Trinajstić information content (AvgIpc) is 3.05. The highest BCUT2D eigenvalue weighted by Crippen LogP contribution is 2.17. The number of hydrogen-bond donors (Lipinski definition) is 2. The van der Waals surface area contributed by atoms with Crippen molar-refractivity contribution in [3.63, 3.8) is 0 Å². The highest BCUT2D eigenvalue weighted by atomic mass is 127. The fourth-order valence-corrected chi connectivity index (χ4v) is 3.77. The van der Waals surface area contributed by atoms with Crippen molar-refractivity contribution in [1.82, 2.24) is 15.6 Å². The lowest BCUT2D eigenvalue weighted by molar-refractivity contribution is 0.818. The van der Waals surface area contributed by atoms with E-state index in [0.29, 0.717) is 0 Å². The van der Waals surface area contributed by atoms with Crippen molar-refractivity contribution in [3.05, 3.63) is 37.5 Å². The summed E-state index contributed by atoms with van der Waals surface area (Å²) in [5.74, 6) is 0.826. The molecule has 22 heavy (non-hydrogen) atoms. The molecule has 7 heteroatoms. The van der Waals surface area contributed by atoms with Crippen LogP contribution in [0.15, 0.2) is 17.1 Å². The van der Waals surface area contributed by atoms with Gasteiger partial charge in [-0.05, 0) is 32.4 Å². The summed E-state index contributed by atoms with van der Waals surface area (Å²) in [4.78, 5) is 12.7. The highest BCUT2D eigenvalue weighted by Gasteiger charge is 2.06. The summed E-state index contributed by atoms with van der Waals surface area (Å²) in [6, 6.07) is 4.38. The number of rotatable bonds is 5. The topological polar surface area (TPSA) is 49.3 Å². The molecule has 0 saturated carbocycles. The number of halogens is 1. The molecule has 0 unspecified atom stereocenters. The van der Waals surface area contributed by atoms with E-state index in [4.69, 9.17) is 0 Å². The van der Waals surface area contributed by atoms with E-state index in [-0.39, 0.29) is 24.0 Å². The standard InChI is InChI=1S/C15H22N4S2.HI/c1-5-12-6-7-13(21-12)8-17-15(16-4)18-9-14-10(2)19-11(3)20-14;/h6-7H,5,8-9H2,1-4H3,(H2,16,17,18);1H. The zero-order valence-corrected chi connectivity index (χ0v) is 17.4. The maximum atomic E-state index is 4.44. The first-order valence-corrected chi connectivity index (χ1v) is 8.70. The minimum Gasteiger partial charge on any atom is -0.352 e. The van der Waals surface area contributed by atoms with Crippen molar-refractivity contribution >= 4 is 52.6 Å². The lowest BCUT2D eigenvalue weighted by Crippen LogP contribution is -2.36. The van der Waals surface area contributed by atoms with E-state index in [1.807, 2.05) is 18.3 Å². The molecule has 2 heterocycles. The fourth-order valence-electron chi connectivity index (χ4n) is 2.00. The van der Waals surface area contributed by atoms with Crippen LogP contribution in [0.4, 0.5) is 0 Å². The molecule has 0 amide bonds. The summed E-state index contributed by atoms with van der Waals surface area (Å²) in [6.07, 6.45) is 1.10. The number of nitrogens with one attached hydrogen (secondary N) is 2. The number of aliphatic imine (C=N–C) groups is 1. The molecular formula is C15H23IN4S2. The minimum atomic E-state index is 0. The third kappa shape index (κ3) is 5.51. The van der Waals surface area contributed by atoms with Gasteiger partial charge in [0.2, 0.25) is 0 Å². The number of aromatic nitrogens is 1. The van der Waals surface area contributed by atoms with E-state index in [9.17, 15) is 0 Å². The second-order valence-corrected chi connectivity index (χ2v) is 7.28. The Morgan fingerprint density at radius 1 is 1.14 bits per heavy atom. The van der Waals surface area contributed by atoms with Crippen LogP contribution in [0.25, 0.3) is 0 Å². The average molecular weight is 450 g/mol. The molecule has 0 aliphatic rings. The van der Waals surface area contributed by atoms with Gasteiger partial charge in [0, 0.05) is 21.7 Å². The van der Waals surface area contributed by atoms with Crippen molar-refractivity contribution in [1.29, 1.82) is 0 Å². The van der Waals surface area contributed by atoms with E-state index < -0.39 is 0 Å². The Balaban J connectivity index is 0.00000242.